The Hall–Kier alpha value is -1.57. The van der Waals surface area contributed by atoms with Gasteiger partial charge in [-0.25, -0.2) is 0 Å². The minimum atomic E-state index is -0.166. The van der Waals surface area contributed by atoms with Gasteiger partial charge in [-0.15, -0.1) is 0 Å². The Morgan fingerprint density at radius 1 is 1.23 bits per heavy atom. The van der Waals surface area contributed by atoms with Crippen LogP contribution in [0.1, 0.15) is 18.5 Å². The molecule has 1 aromatic rings. The zero-order valence-electron chi connectivity index (χ0n) is 7.45. The summed E-state index contributed by atoms with van der Waals surface area (Å²) in [6.45, 7) is 1.90. The van der Waals surface area contributed by atoms with Crippen LogP contribution >= 0.6 is 0 Å². The molecule has 1 aliphatic rings. The molecule has 0 aliphatic carbocycles. The topological polar surface area (TPSA) is 29.1 Å². The van der Waals surface area contributed by atoms with E-state index >= 15 is 0 Å². The highest BCUT2D eigenvalue weighted by Crippen LogP contribution is 2.20. The van der Waals surface area contributed by atoms with Crippen molar-refractivity contribution in [3.8, 4) is 0 Å². The molecule has 1 atom stereocenters. The van der Waals surface area contributed by atoms with Gasteiger partial charge in [0, 0.05) is 11.8 Å². The van der Waals surface area contributed by atoms with Crippen molar-refractivity contribution >= 4 is 5.78 Å². The molecule has 66 valence electrons. The molecule has 2 heteroatoms. The van der Waals surface area contributed by atoms with Crippen molar-refractivity contribution in [3.63, 3.8) is 0 Å². The first-order valence-corrected chi connectivity index (χ1v) is 4.31. The number of rotatable bonds is 1. The average molecular weight is 173 g/mol. The fourth-order valence-corrected chi connectivity index (χ4v) is 1.53. The van der Waals surface area contributed by atoms with Gasteiger partial charge in [0.05, 0.1) is 0 Å². The lowest BCUT2D eigenvalue weighted by Crippen LogP contribution is -2.18. The van der Waals surface area contributed by atoms with Crippen molar-refractivity contribution in [3.05, 3.63) is 47.7 Å². The standard InChI is InChI=1S/C11H11NO/c1-8-7-10(13)11(12-8)9-5-3-2-4-6-9/h2-7,11-12H,1H3. The van der Waals surface area contributed by atoms with Crippen LogP contribution in [-0.4, -0.2) is 5.78 Å². The maximum absolute atomic E-state index is 11.4. The minimum Gasteiger partial charge on any atom is -0.375 e. The Bertz CT molecular complexity index is 354. The lowest BCUT2D eigenvalue weighted by Gasteiger charge is -2.10. The van der Waals surface area contributed by atoms with Gasteiger partial charge in [0.2, 0.25) is 0 Å². The van der Waals surface area contributed by atoms with Crippen molar-refractivity contribution in [1.82, 2.24) is 5.32 Å². The maximum atomic E-state index is 11.4. The summed E-state index contributed by atoms with van der Waals surface area (Å²) in [4.78, 5) is 11.4. The molecule has 0 saturated heterocycles. The average Bonchev–Trinajstić information content (AvgIpc) is 2.47. The molecule has 0 spiro atoms. The third-order valence-electron chi connectivity index (χ3n) is 2.15. The Kier molecular flexibility index (Phi) is 1.89. The molecule has 1 N–H and O–H groups in total. The highest BCUT2D eigenvalue weighted by molar-refractivity contribution is 5.98. The predicted octanol–water partition coefficient (Wildman–Crippen LogP) is 1.80. The molecule has 0 saturated carbocycles. The normalized spacial score (nSPS) is 21.2. The Labute approximate surface area is 77.3 Å². The molecule has 0 fully saturated rings. The van der Waals surface area contributed by atoms with E-state index in [9.17, 15) is 4.79 Å². The van der Waals surface area contributed by atoms with E-state index in [0.717, 1.165) is 11.3 Å². The first kappa shape index (κ1) is 8.05. The largest absolute Gasteiger partial charge is 0.375 e. The van der Waals surface area contributed by atoms with Gasteiger partial charge in [-0.05, 0) is 12.5 Å². The van der Waals surface area contributed by atoms with Crippen LogP contribution < -0.4 is 5.32 Å². The maximum Gasteiger partial charge on any atom is 0.184 e. The van der Waals surface area contributed by atoms with E-state index < -0.39 is 0 Å². The van der Waals surface area contributed by atoms with Crippen molar-refractivity contribution in [1.29, 1.82) is 0 Å². The molecule has 2 nitrogen and oxygen atoms in total. The van der Waals surface area contributed by atoms with Crippen molar-refractivity contribution in [2.45, 2.75) is 13.0 Å². The molecule has 1 aromatic carbocycles. The molecule has 1 unspecified atom stereocenters. The van der Waals surface area contributed by atoms with Gasteiger partial charge in [-0.3, -0.25) is 4.79 Å². The number of carbonyl (C=O) groups excluding carboxylic acids is 1. The molecular formula is C11H11NO. The zero-order chi connectivity index (χ0) is 9.26. The zero-order valence-corrected chi connectivity index (χ0v) is 7.45. The molecule has 0 amide bonds. The summed E-state index contributed by atoms with van der Waals surface area (Å²) in [5, 5.41) is 3.13. The van der Waals surface area contributed by atoms with E-state index in [1.54, 1.807) is 6.08 Å². The van der Waals surface area contributed by atoms with E-state index in [1.807, 2.05) is 37.3 Å². The summed E-state index contributed by atoms with van der Waals surface area (Å²) in [5.41, 5.74) is 1.97. The van der Waals surface area contributed by atoms with Crippen LogP contribution in [0.4, 0.5) is 0 Å². The van der Waals surface area contributed by atoms with Gasteiger partial charge < -0.3 is 5.32 Å². The number of allylic oxidation sites excluding steroid dienone is 1. The first-order valence-electron chi connectivity index (χ1n) is 4.31. The SMILES string of the molecule is CC1=CC(=O)C(c2ccccc2)N1. The third kappa shape index (κ3) is 1.47. The smallest absolute Gasteiger partial charge is 0.184 e. The van der Waals surface area contributed by atoms with E-state index in [0.29, 0.717) is 0 Å². The summed E-state index contributed by atoms with van der Waals surface area (Å²) in [6.07, 6.45) is 1.65. The summed E-state index contributed by atoms with van der Waals surface area (Å²) in [6, 6.07) is 9.59. The summed E-state index contributed by atoms with van der Waals surface area (Å²) in [5.74, 6) is 0.142. The van der Waals surface area contributed by atoms with Crippen molar-refractivity contribution in [2.24, 2.45) is 0 Å². The molecule has 0 bridgehead atoms. The van der Waals surface area contributed by atoms with Crippen LogP contribution in [0.5, 0.6) is 0 Å². The minimum absolute atomic E-state index is 0.142. The quantitative estimate of drug-likeness (QED) is 0.701. The number of benzene rings is 1. The van der Waals surface area contributed by atoms with Crippen LogP contribution in [0.15, 0.2) is 42.1 Å². The fraction of sp³-hybridized carbons (Fsp3) is 0.182. The molecular weight excluding hydrogens is 162 g/mol. The molecule has 0 aromatic heterocycles. The molecule has 2 rings (SSSR count). The third-order valence-corrected chi connectivity index (χ3v) is 2.15. The second-order valence-corrected chi connectivity index (χ2v) is 3.22. The second kappa shape index (κ2) is 3.05. The molecule has 0 radical (unpaired) electrons. The Morgan fingerprint density at radius 3 is 2.46 bits per heavy atom. The predicted molar refractivity (Wildman–Crippen MR) is 51.1 cm³/mol. The lowest BCUT2D eigenvalue weighted by molar-refractivity contribution is -0.115. The van der Waals surface area contributed by atoms with Gasteiger partial charge in [-0.2, -0.15) is 0 Å². The van der Waals surface area contributed by atoms with Gasteiger partial charge in [-0.1, -0.05) is 30.3 Å². The summed E-state index contributed by atoms with van der Waals surface area (Å²) in [7, 11) is 0. The van der Waals surface area contributed by atoms with E-state index in [1.165, 1.54) is 0 Å². The van der Waals surface area contributed by atoms with E-state index in [4.69, 9.17) is 0 Å². The Morgan fingerprint density at radius 2 is 1.92 bits per heavy atom. The molecule has 13 heavy (non-hydrogen) atoms. The van der Waals surface area contributed by atoms with Crippen LogP contribution in [0.25, 0.3) is 0 Å². The van der Waals surface area contributed by atoms with Crippen molar-refractivity contribution in [2.75, 3.05) is 0 Å². The van der Waals surface area contributed by atoms with Crippen molar-refractivity contribution < 1.29 is 4.79 Å². The van der Waals surface area contributed by atoms with E-state index in [-0.39, 0.29) is 11.8 Å². The molecule has 1 heterocycles. The second-order valence-electron chi connectivity index (χ2n) is 3.22. The highest BCUT2D eigenvalue weighted by Gasteiger charge is 2.23. The van der Waals surface area contributed by atoms with Crippen LogP contribution in [0.3, 0.4) is 0 Å². The number of hydrogen-bond donors (Lipinski definition) is 1. The monoisotopic (exact) mass is 173 g/mol. The number of carbonyl (C=O) groups is 1. The van der Waals surface area contributed by atoms with Gasteiger partial charge in [0.15, 0.2) is 5.78 Å². The van der Waals surface area contributed by atoms with E-state index in [2.05, 4.69) is 5.32 Å². The summed E-state index contributed by atoms with van der Waals surface area (Å²) >= 11 is 0. The Balaban J connectivity index is 2.26. The first-order chi connectivity index (χ1) is 6.27. The summed E-state index contributed by atoms with van der Waals surface area (Å²) < 4.78 is 0. The number of nitrogens with one attached hydrogen (secondary N) is 1. The number of ketones is 1. The van der Waals surface area contributed by atoms with Gasteiger partial charge in [0.25, 0.3) is 0 Å². The molecule has 1 aliphatic heterocycles. The lowest BCUT2D eigenvalue weighted by atomic mass is 10.1. The van der Waals surface area contributed by atoms with Crippen LogP contribution in [-0.2, 0) is 4.79 Å². The van der Waals surface area contributed by atoms with Crippen LogP contribution in [0, 0.1) is 0 Å². The highest BCUT2D eigenvalue weighted by atomic mass is 16.1. The number of hydrogen-bond acceptors (Lipinski definition) is 2. The fourth-order valence-electron chi connectivity index (χ4n) is 1.53. The van der Waals surface area contributed by atoms with Crippen LogP contribution in [0.2, 0.25) is 0 Å². The van der Waals surface area contributed by atoms with Gasteiger partial charge in [0.1, 0.15) is 6.04 Å². The van der Waals surface area contributed by atoms with Gasteiger partial charge >= 0.3 is 0 Å².